The number of unbranched alkanes of at least 4 members (excludes halogenated alkanes) is 24. The molecule has 0 aromatic rings. The molecule has 2 atom stereocenters. The SMILES string of the molecule is CCCCCCCCCCCCCCCCCCCC(=O)N[C@@H](CSC(C)C(OC(=O)CCCCCCC)OC(=O)CCCCCCC)C(=O)O. The van der Waals surface area contributed by atoms with E-state index in [-0.39, 0.29) is 24.5 Å². The first kappa shape index (κ1) is 49.2. The van der Waals surface area contributed by atoms with Gasteiger partial charge in [0.25, 0.3) is 6.29 Å². The number of aliphatic carboxylic acids is 1. The highest BCUT2D eigenvalue weighted by Crippen LogP contribution is 2.22. The predicted molar refractivity (Wildman–Crippen MR) is 213 cm³/mol. The number of carboxylic acid groups (broad SMARTS) is 1. The second-order valence-corrected chi connectivity index (χ2v) is 16.0. The summed E-state index contributed by atoms with van der Waals surface area (Å²) in [5.74, 6) is -2.15. The summed E-state index contributed by atoms with van der Waals surface area (Å²) in [6, 6.07) is -1.08. The third-order valence-corrected chi connectivity index (χ3v) is 10.8. The molecule has 8 nitrogen and oxygen atoms in total. The van der Waals surface area contributed by atoms with Gasteiger partial charge in [0.2, 0.25) is 5.91 Å². The normalized spacial score (nSPS) is 12.5. The third kappa shape index (κ3) is 32.6. The maximum Gasteiger partial charge on any atom is 0.327 e. The second-order valence-electron chi connectivity index (χ2n) is 14.6. The molecule has 2 N–H and O–H groups in total. The average Bonchev–Trinajstić information content (AvgIpc) is 3.10. The fourth-order valence-electron chi connectivity index (χ4n) is 6.12. The van der Waals surface area contributed by atoms with Gasteiger partial charge in [-0.25, -0.2) is 4.79 Å². The molecule has 300 valence electrons. The predicted octanol–water partition coefficient (Wildman–Crippen LogP) is 11.9. The van der Waals surface area contributed by atoms with E-state index in [4.69, 9.17) is 9.47 Å². The molecule has 0 aromatic carbocycles. The highest BCUT2D eigenvalue weighted by molar-refractivity contribution is 8.00. The highest BCUT2D eigenvalue weighted by atomic mass is 32.2. The van der Waals surface area contributed by atoms with Crippen LogP contribution in [0.4, 0.5) is 0 Å². The van der Waals surface area contributed by atoms with Crippen LogP contribution in [0.1, 0.15) is 220 Å². The minimum Gasteiger partial charge on any atom is -0.480 e. The Morgan fingerprint density at radius 2 is 0.824 bits per heavy atom. The van der Waals surface area contributed by atoms with Crippen LogP contribution >= 0.6 is 11.8 Å². The summed E-state index contributed by atoms with van der Waals surface area (Å²) in [5, 5.41) is 12.0. The zero-order chi connectivity index (χ0) is 37.8. The van der Waals surface area contributed by atoms with Gasteiger partial charge in [-0.05, 0) is 26.2 Å². The van der Waals surface area contributed by atoms with E-state index in [9.17, 15) is 24.3 Å². The minimum absolute atomic E-state index is 0.0704. The molecule has 1 unspecified atom stereocenters. The van der Waals surface area contributed by atoms with Crippen LogP contribution < -0.4 is 5.32 Å². The molecule has 9 heteroatoms. The molecule has 0 fully saturated rings. The molecule has 0 saturated carbocycles. The molecule has 0 aliphatic rings. The van der Waals surface area contributed by atoms with E-state index in [1.54, 1.807) is 6.92 Å². The lowest BCUT2D eigenvalue weighted by Crippen LogP contribution is -2.43. The zero-order valence-electron chi connectivity index (χ0n) is 33.5. The lowest BCUT2D eigenvalue weighted by Gasteiger charge is -2.25. The standard InChI is InChI=1S/C42H79NO7S/c1-5-8-11-14-15-16-17-18-19-20-21-22-23-24-25-28-29-32-38(44)43-37(41(47)48)35-51-36(4)42(49-39(45)33-30-26-12-9-6-2)50-40(46)34-31-27-13-10-7-3/h36-37,42H,5-35H2,1-4H3,(H,43,44)(H,47,48)/t36?,37-/m0/s1. The van der Waals surface area contributed by atoms with Crippen molar-refractivity contribution in [3.05, 3.63) is 0 Å². The summed E-state index contributed by atoms with van der Waals surface area (Å²) < 4.78 is 11.2. The number of hydrogen-bond donors (Lipinski definition) is 2. The topological polar surface area (TPSA) is 119 Å². The summed E-state index contributed by atoms with van der Waals surface area (Å²) in [7, 11) is 0. The van der Waals surface area contributed by atoms with Gasteiger partial charge in [0, 0.05) is 25.0 Å². The fourth-order valence-corrected chi connectivity index (χ4v) is 7.11. The van der Waals surface area contributed by atoms with Crippen molar-refractivity contribution in [1.29, 1.82) is 0 Å². The molecule has 0 bridgehead atoms. The molecule has 0 spiro atoms. The number of esters is 2. The first-order valence-corrected chi connectivity index (χ1v) is 22.3. The lowest BCUT2D eigenvalue weighted by molar-refractivity contribution is -0.187. The van der Waals surface area contributed by atoms with Gasteiger partial charge in [-0.1, -0.05) is 175 Å². The van der Waals surface area contributed by atoms with E-state index in [0.29, 0.717) is 19.3 Å². The van der Waals surface area contributed by atoms with Gasteiger partial charge in [-0.15, -0.1) is 11.8 Å². The first-order chi connectivity index (χ1) is 24.7. The van der Waals surface area contributed by atoms with Crippen LogP contribution in [0.15, 0.2) is 0 Å². The van der Waals surface area contributed by atoms with Crippen LogP contribution in [-0.4, -0.2) is 52.3 Å². The van der Waals surface area contributed by atoms with E-state index in [2.05, 4.69) is 26.1 Å². The van der Waals surface area contributed by atoms with Crippen molar-refractivity contribution in [3.8, 4) is 0 Å². The Morgan fingerprint density at radius 3 is 1.16 bits per heavy atom. The van der Waals surface area contributed by atoms with E-state index >= 15 is 0 Å². The van der Waals surface area contributed by atoms with Gasteiger partial charge in [0.1, 0.15) is 6.04 Å². The highest BCUT2D eigenvalue weighted by Gasteiger charge is 2.29. The smallest absolute Gasteiger partial charge is 0.327 e. The maximum absolute atomic E-state index is 12.6. The van der Waals surface area contributed by atoms with Crippen LogP contribution in [0.25, 0.3) is 0 Å². The number of amides is 1. The largest absolute Gasteiger partial charge is 0.480 e. The number of carboxylic acids is 1. The zero-order valence-corrected chi connectivity index (χ0v) is 34.3. The van der Waals surface area contributed by atoms with Crippen molar-refractivity contribution >= 4 is 35.6 Å². The molecule has 0 rings (SSSR count). The van der Waals surface area contributed by atoms with Crippen LogP contribution in [0.2, 0.25) is 0 Å². The summed E-state index contributed by atoms with van der Waals surface area (Å²) in [4.78, 5) is 49.8. The number of carbonyl (C=O) groups excluding carboxylic acids is 3. The minimum atomic E-state index is -1.12. The van der Waals surface area contributed by atoms with E-state index in [0.717, 1.165) is 70.6 Å². The number of rotatable bonds is 38. The summed E-state index contributed by atoms with van der Waals surface area (Å²) >= 11 is 1.22. The Kier molecular flexibility index (Phi) is 35.3. The molecular formula is C42H79NO7S. The van der Waals surface area contributed by atoms with E-state index in [1.807, 2.05) is 0 Å². The van der Waals surface area contributed by atoms with Gasteiger partial charge in [0.15, 0.2) is 0 Å². The number of carbonyl (C=O) groups is 4. The Morgan fingerprint density at radius 1 is 0.510 bits per heavy atom. The first-order valence-electron chi connectivity index (χ1n) is 21.3. The van der Waals surface area contributed by atoms with Gasteiger partial charge < -0.3 is 19.9 Å². The molecule has 0 aliphatic carbocycles. The summed E-state index contributed by atoms with van der Waals surface area (Å²) in [6.07, 6.45) is 31.2. The third-order valence-electron chi connectivity index (χ3n) is 9.51. The van der Waals surface area contributed by atoms with Gasteiger partial charge in [0.05, 0.1) is 5.25 Å². The van der Waals surface area contributed by atoms with Crippen LogP contribution in [-0.2, 0) is 28.7 Å². The van der Waals surface area contributed by atoms with Crippen LogP contribution in [0.3, 0.4) is 0 Å². The fraction of sp³-hybridized carbons (Fsp3) is 0.905. The monoisotopic (exact) mass is 742 g/mol. The molecule has 51 heavy (non-hydrogen) atoms. The van der Waals surface area contributed by atoms with Crippen molar-refractivity contribution < 1.29 is 33.8 Å². The lowest BCUT2D eigenvalue weighted by atomic mass is 10.0. The quantitative estimate of drug-likeness (QED) is 0.0365. The Hall–Kier alpha value is -1.77. The van der Waals surface area contributed by atoms with Gasteiger partial charge in [-0.3, -0.25) is 14.4 Å². The van der Waals surface area contributed by atoms with Crippen molar-refractivity contribution in [1.82, 2.24) is 5.32 Å². The van der Waals surface area contributed by atoms with Crippen molar-refractivity contribution in [2.45, 2.75) is 238 Å². The van der Waals surface area contributed by atoms with Crippen molar-refractivity contribution in [3.63, 3.8) is 0 Å². The Balaban J connectivity index is 4.43. The second kappa shape index (κ2) is 36.6. The molecule has 1 amide bonds. The Bertz CT molecular complexity index is 827. The molecule has 0 aromatic heterocycles. The average molecular weight is 742 g/mol. The summed E-state index contributed by atoms with van der Waals surface area (Å²) in [5.41, 5.74) is 0. The van der Waals surface area contributed by atoms with Crippen LogP contribution in [0, 0.1) is 0 Å². The molecule has 0 heterocycles. The van der Waals surface area contributed by atoms with E-state index < -0.39 is 35.5 Å². The molecular weight excluding hydrogens is 663 g/mol. The Labute approximate surface area is 317 Å². The van der Waals surface area contributed by atoms with Gasteiger partial charge in [-0.2, -0.15) is 0 Å². The molecule has 0 aliphatic heterocycles. The number of nitrogens with one attached hydrogen (secondary N) is 1. The van der Waals surface area contributed by atoms with E-state index in [1.165, 1.54) is 102 Å². The van der Waals surface area contributed by atoms with Gasteiger partial charge >= 0.3 is 17.9 Å². The number of ether oxygens (including phenoxy) is 2. The van der Waals surface area contributed by atoms with Crippen LogP contribution in [0.5, 0.6) is 0 Å². The summed E-state index contributed by atoms with van der Waals surface area (Å²) in [6.45, 7) is 8.30. The number of thioether (sulfide) groups is 1. The van der Waals surface area contributed by atoms with Crippen molar-refractivity contribution in [2.24, 2.45) is 0 Å². The maximum atomic E-state index is 12.6. The molecule has 0 radical (unpaired) electrons. The number of hydrogen-bond acceptors (Lipinski definition) is 7. The van der Waals surface area contributed by atoms with Crippen molar-refractivity contribution in [2.75, 3.05) is 5.75 Å². The molecule has 0 saturated heterocycles.